The van der Waals surface area contributed by atoms with E-state index >= 15 is 0 Å². The fourth-order valence-corrected chi connectivity index (χ4v) is 1.96. The van der Waals surface area contributed by atoms with Crippen LogP contribution in [-0.4, -0.2) is 11.1 Å². The number of nitrogens with zero attached hydrogens (tertiary/aromatic N) is 1. The summed E-state index contributed by atoms with van der Waals surface area (Å²) in [5, 5.41) is 3.99. The predicted octanol–water partition coefficient (Wildman–Crippen LogP) is 2.27. The Morgan fingerprint density at radius 2 is 2.00 bits per heavy atom. The molecule has 0 saturated carbocycles. The number of thiocarbonyl (C=S) groups is 1. The lowest BCUT2D eigenvalue weighted by Crippen LogP contribution is -2.25. The van der Waals surface area contributed by atoms with Crippen molar-refractivity contribution < 1.29 is 0 Å². The number of hydrogen-bond acceptors (Lipinski definition) is 1. The van der Waals surface area contributed by atoms with Gasteiger partial charge >= 0.3 is 0 Å². The molecule has 0 spiro atoms. The number of hydrogen-bond donors (Lipinski definition) is 3. The molecule has 0 aromatic heterocycles. The summed E-state index contributed by atoms with van der Waals surface area (Å²) >= 11 is 16.7. The van der Waals surface area contributed by atoms with Crippen LogP contribution in [0.5, 0.6) is 0 Å². The Kier molecular flexibility index (Phi) is 4.35. The first kappa shape index (κ1) is 13.0. The van der Waals surface area contributed by atoms with Crippen LogP contribution in [0.2, 0.25) is 10.0 Å². The van der Waals surface area contributed by atoms with Gasteiger partial charge in [-0.25, -0.2) is 0 Å². The highest BCUT2D eigenvalue weighted by atomic mass is 35.5. The van der Waals surface area contributed by atoms with Gasteiger partial charge in [-0.3, -0.25) is 0 Å². The summed E-state index contributed by atoms with van der Waals surface area (Å²) in [5.41, 5.74) is 11.9. The second-order valence-electron chi connectivity index (χ2n) is 3.05. The zero-order chi connectivity index (χ0) is 12.3. The normalized spacial score (nSPS) is 9.69. The maximum Gasteiger partial charge on any atom is 0.200 e. The van der Waals surface area contributed by atoms with E-state index < -0.39 is 0 Å². The first-order chi connectivity index (χ1) is 7.40. The van der Waals surface area contributed by atoms with Gasteiger partial charge in [0.25, 0.3) is 0 Å². The molecule has 0 atom stereocenters. The fourth-order valence-electron chi connectivity index (χ4n) is 1.11. The van der Waals surface area contributed by atoms with E-state index in [1.807, 2.05) is 6.92 Å². The number of nitrogens with two attached hydrogens (primary N) is 2. The number of anilines is 1. The number of guanidine groups is 1. The molecule has 1 aromatic carbocycles. The lowest BCUT2D eigenvalue weighted by Gasteiger charge is -2.10. The maximum atomic E-state index is 6.00. The minimum Gasteiger partial charge on any atom is -0.370 e. The van der Waals surface area contributed by atoms with Crippen molar-refractivity contribution in [2.24, 2.45) is 16.5 Å². The average Bonchev–Trinajstić information content (AvgIpc) is 2.09. The van der Waals surface area contributed by atoms with Crippen LogP contribution in [0.25, 0.3) is 0 Å². The van der Waals surface area contributed by atoms with Crippen LogP contribution in [0.1, 0.15) is 5.56 Å². The van der Waals surface area contributed by atoms with Gasteiger partial charge in [0, 0.05) is 5.02 Å². The summed E-state index contributed by atoms with van der Waals surface area (Å²) in [6, 6.07) is 3.37. The molecule has 7 heteroatoms. The first-order valence-electron chi connectivity index (χ1n) is 4.26. The summed E-state index contributed by atoms with van der Waals surface area (Å²) in [5.74, 6) is -0.111. The molecule has 5 N–H and O–H groups in total. The Balaban J connectivity index is 2.98. The summed E-state index contributed by atoms with van der Waals surface area (Å²) in [6.45, 7) is 1.85. The molecule has 86 valence electrons. The van der Waals surface area contributed by atoms with Crippen molar-refractivity contribution in [1.82, 2.24) is 0 Å². The van der Waals surface area contributed by atoms with Gasteiger partial charge in [0.15, 0.2) is 5.96 Å². The third-order valence-corrected chi connectivity index (χ3v) is 2.42. The van der Waals surface area contributed by atoms with E-state index in [4.69, 9.17) is 46.9 Å². The van der Waals surface area contributed by atoms with Crippen LogP contribution in [-0.2, 0) is 0 Å². The Hall–Kier alpha value is -1.04. The Morgan fingerprint density at radius 1 is 1.38 bits per heavy atom. The van der Waals surface area contributed by atoms with Crippen molar-refractivity contribution in [3.05, 3.63) is 27.7 Å². The minimum atomic E-state index is -0.111. The van der Waals surface area contributed by atoms with Crippen LogP contribution in [0, 0.1) is 6.92 Å². The van der Waals surface area contributed by atoms with Gasteiger partial charge in [-0.05, 0) is 36.8 Å². The molecule has 4 nitrogen and oxygen atoms in total. The molecule has 0 aliphatic heterocycles. The Bertz CT molecular complexity index is 432. The van der Waals surface area contributed by atoms with Crippen molar-refractivity contribution >= 4 is 52.2 Å². The van der Waals surface area contributed by atoms with Gasteiger partial charge in [0.1, 0.15) is 0 Å². The van der Waals surface area contributed by atoms with Crippen LogP contribution in [0.3, 0.4) is 0 Å². The van der Waals surface area contributed by atoms with Crippen LogP contribution in [0.4, 0.5) is 5.69 Å². The molecular formula is C9H10Cl2N4S. The Morgan fingerprint density at radius 3 is 2.50 bits per heavy atom. The molecule has 0 radical (unpaired) electrons. The zero-order valence-electron chi connectivity index (χ0n) is 8.42. The number of aliphatic imine (C=N–C) groups is 1. The number of halogens is 2. The van der Waals surface area contributed by atoms with E-state index in [0.717, 1.165) is 5.56 Å². The first-order valence-corrected chi connectivity index (χ1v) is 5.43. The van der Waals surface area contributed by atoms with Gasteiger partial charge in [0.2, 0.25) is 5.11 Å². The van der Waals surface area contributed by atoms with Crippen molar-refractivity contribution in [3.8, 4) is 0 Å². The molecule has 16 heavy (non-hydrogen) atoms. The van der Waals surface area contributed by atoms with E-state index in [0.29, 0.717) is 15.7 Å². The van der Waals surface area contributed by atoms with Crippen molar-refractivity contribution in [1.29, 1.82) is 0 Å². The molecule has 0 heterocycles. The summed E-state index contributed by atoms with van der Waals surface area (Å²) < 4.78 is 0. The number of rotatable bonds is 1. The molecule has 1 rings (SSSR count). The van der Waals surface area contributed by atoms with Crippen molar-refractivity contribution in [2.75, 3.05) is 5.32 Å². The molecular weight excluding hydrogens is 267 g/mol. The van der Waals surface area contributed by atoms with Gasteiger partial charge in [0.05, 0.1) is 10.7 Å². The third kappa shape index (κ3) is 3.52. The SMILES string of the molecule is Cc1cc(Cl)cc(Cl)c1NC(=S)N=C(N)N. The molecule has 0 unspecified atom stereocenters. The highest BCUT2D eigenvalue weighted by Gasteiger charge is 2.07. The van der Waals surface area contributed by atoms with Crippen LogP contribution < -0.4 is 16.8 Å². The quantitative estimate of drug-likeness (QED) is 0.418. The van der Waals surface area contributed by atoms with Gasteiger partial charge < -0.3 is 16.8 Å². The standard InChI is InChI=1S/C9H10Cl2N4S/c1-4-2-5(10)3-6(11)7(4)14-9(16)15-8(12)13/h2-3H,1H3,(H5,12,13,14,15,16). The molecule has 0 saturated heterocycles. The highest BCUT2D eigenvalue weighted by molar-refractivity contribution is 7.80. The fraction of sp³-hybridized carbons (Fsp3) is 0.111. The van der Waals surface area contributed by atoms with E-state index in [1.54, 1.807) is 12.1 Å². The summed E-state index contributed by atoms with van der Waals surface area (Å²) in [6.07, 6.45) is 0. The smallest absolute Gasteiger partial charge is 0.200 e. The van der Waals surface area contributed by atoms with Gasteiger partial charge in [-0.2, -0.15) is 4.99 Å². The number of benzene rings is 1. The second kappa shape index (κ2) is 5.34. The monoisotopic (exact) mass is 276 g/mol. The minimum absolute atomic E-state index is 0.111. The predicted molar refractivity (Wildman–Crippen MR) is 73.2 cm³/mol. The van der Waals surface area contributed by atoms with Gasteiger partial charge in [-0.1, -0.05) is 23.2 Å². The molecule has 0 aliphatic carbocycles. The topological polar surface area (TPSA) is 76.4 Å². The maximum absolute atomic E-state index is 6.00. The van der Waals surface area contributed by atoms with E-state index in [9.17, 15) is 0 Å². The van der Waals surface area contributed by atoms with Crippen molar-refractivity contribution in [3.63, 3.8) is 0 Å². The highest BCUT2D eigenvalue weighted by Crippen LogP contribution is 2.29. The van der Waals surface area contributed by atoms with Crippen molar-refractivity contribution in [2.45, 2.75) is 6.92 Å². The largest absolute Gasteiger partial charge is 0.370 e. The number of aryl methyl sites for hydroxylation is 1. The summed E-state index contributed by atoms with van der Waals surface area (Å²) in [4.78, 5) is 3.68. The number of nitrogens with one attached hydrogen (secondary N) is 1. The van der Waals surface area contributed by atoms with E-state index in [2.05, 4.69) is 10.3 Å². The zero-order valence-corrected chi connectivity index (χ0v) is 10.7. The molecule has 0 bridgehead atoms. The third-order valence-electron chi connectivity index (χ3n) is 1.71. The molecule has 0 fully saturated rings. The second-order valence-corrected chi connectivity index (χ2v) is 4.28. The molecule has 0 amide bonds. The lowest BCUT2D eigenvalue weighted by atomic mass is 10.2. The van der Waals surface area contributed by atoms with E-state index in [-0.39, 0.29) is 11.1 Å². The van der Waals surface area contributed by atoms with Crippen LogP contribution >= 0.6 is 35.4 Å². The molecule has 1 aromatic rings. The van der Waals surface area contributed by atoms with Crippen LogP contribution in [0.15, 0.2) is 17.1 Å². The Labute approximate surface area is 109 Å². The summed E-state index contributed by atoms with van der Waals surface area (Å²) in [7, 11) is 0. The van der Waals surface area contributed by atoms with Gasteiger partial charge in [-0.15, -0.1) is 0 Å². The average molecular weight is 277 g/mol. The van der Waals surface area contributed by atoms with E-state index in [1.165, 1.54) is 0 Å². The molecule has 0 aliphatic rings. The lowest BCUT2D eigenvalue weighted by molar-refractivity contribution is 1.43.